The summed E-state index contributed by atoms with van der Waals surface area (Å²) in [6, 6.07) is 8.78. The van der Waals surface area contributed by atoms with Crippen molar-refractivity contribution in [3.63, 3.8) is 0 Å². The van der Waals surface area contributed by atoms with Gasteiger partial charge in [0.15, 0.2) is 0 Å². The van der Waals surface area contributed by atoms with Gasteiger partial charge in [0.1, 0.15) is 0 Å². The molecule has 0 aliphatic carbocycles. The van der Waals surface area contributed by atoms with Gasteiger partial charge in [0.2, 0.25) is 0 Å². The number of ether oxygens (including phenoxy) is 1. The predicted molar refractivity (Wildman–Crippen MR) is 77.5 cm³/mol. The lowest BCUT2D eigenvalue weighted by Gasteiger charge is -2.22. The number of hydrogen-bond donors (Lipinski definition) is 1. The Morgan fingerprint density at radius 2 is 1.90 bits per heavy atom. The molecule has 4 nitrogen and oxygen atoms in total. The summed E-state index contributed by atoms with van der Waals surface area (Å²) >= 11 is 0. The van der Waals surface area contributed by atoms with Gasteiger partial charge in [-0.3, -0.25) is 4.68 Å². The van der Waals surface area contributed by atoms with Crippen molar-refractivity contribution in [1.82, 2.24) is 9.78 Å². The molecule has 0 bridgehead atoms. The van der Waals surface area contributed by atoms with E-state index in [0.717, 1.165) is 37.2 Å². The molecule has 106 valence electrons. The Bertz CT molecular complexity index is 542. The van der Waals surface area contributed by atoms with Crippen LogP contribution in [0.15, 0.2) is 36.7 Å². The zero-order chi connectivity index (χ0) is 13.8. The average Bonchev–Trinajstić information content (AvgIpc) is 2.99. The number of rotatable bonds is 4. The van der Waals surface area contributed by atoms with Crippen LogP contribution in [0.3, 0.4) is 0 Å². The Balaban J connectivity index is 1.75. The molecule has 1 aromatic heterocycles. The minimum Gasteiger partial charge on any atom is -0.396 e. The number of aliphatic hydroxyl groups is 1. The first-order chi connectivity index (χ1) is 9.86. The zero-order valence-corrected chi connectivity index (χ0v) is 11.5. The van der Waals surface area contributed by atoms with Crippen LogP contribution < -0.4 is 0 Å². The Morgan fingerprint density at radius 1 is 1.15 bits per heavy atom. The molecule has 20 heavy (non-hydrogen) atoms. The van der Waals surface area contributed by atoms with Crippen LogP contribution in [-0.2, 0) is 11.2 Å². The Hall–Kier alpha value is -1.65. The van der Waals surface area contributed by atoms with Crippen LogP contribution >= 0.6 is 0 Å². The SMILES string of the molecule is OCCc1ccc(-c2cnn(C3CCOCC3)c2)cc1. The van der Waals surface area contributed by atoms with E-state index in [1.54, 1.807) is 0 Å². The van der Waals surface area contributed by atoms with Gasteiger partial charge in [0, 0.05) is 31.6 Å². The van der Waals surface area contributed by atoms with Gasteiger partial charge in [-0.2, -0.15) is 5.10 Å². The highest BCUT2D eigenvalue weighted by Gasteiger charge is 2.16. The fourth-order valence-corrected chi connectivity index (χ4v) is 2.63. The quantitative estimate of drug-likeness (QED) is 0.930. The Kier molecular flexibility index (Phi) is 4.14. The molecule has 2 aromatic rings. The summed E-state index contributed by atoms with van der Waals surface area (Å²) in [4.78, 5) is 0. The van der Waals surface area contributed by atoms with E-state index in [9.17, 15) is 0 Å². The molecule has 1 fully saturated rings. The third-order valence-corrected chi connectivity index (χ3v) is 3.85. The lowest BCUT2D eigenvalue weighted by atomic mass is 10.1. The summed E-state index contributed by atoms with van der Waals surface area (Å²) in [5.41, 5.74) is 3.48. The number of aromatic nitrogens is 2. The summed E-state index contributed by atoms with van der Waals surface area (Å²) in [5.74, 6) is 0. The molecule has 1 aliphatic rings. The lowest BCUT2D eigenvalue weighted by molar-refractivity contribution is 0.0662. The fourth-order valence-electron chi connectivity index (χ4n) is 2.63. The number of hydrogen-bond acceptors (Lipinski definition) is 3. The normalized spacial score (nSPS) is 16.4. The molecule has 4 heteroatoms. The minimum atomic E-state index is 0.195. The summed E-state index contributed by atoms with van der Waals surface area (Å²) in [6.45, 7) is 1.85. The van der Waals surface area contributed by atoms with E-state index in [1.807, 2.05) is 6.20 Å². The molecule has 0 radical (unpaired) electrons. The molecule has 3 rings (SSSR count). The summed E-state index contributed by atoms with van der Waals surface area (Å²) in [6.07, 6.45) is 6.84. The molecule has 0 atom stereocenters. The van der Waals surface area contributed by atoms with Crippen LogP contribution in [0.4, 0.5) is 0 Å². The second-order valence-corrected chi connectivity index (χ2v) is 5.22. The monoisotopic (exact) mass is 272 g/mol. The summed E-state index contributed by atoms with van der Waals surface area (Å²) < 4.78 is 7.46. The van der Waals surface area contributed by atoms with Crippen molar-refractivity contribution in [2.75, 3.05) is 19.8 Å². The van der Waals surface area contributed by atoms with E-state index in [0.29, 0.717) is 12.5 Å². The van der Waals surface area contributed by atoms with Crippen molar-refractivity contribution < 1.29 is 9.84 Å². The largest absolute Gasteiger partial charge is 0.396 e. The van der Waals surface area contributed by atoms with Crippen molar-refractivity contribution >= 4 is 0 Å². The van der Waals surface area contributed by atoms with E-state index in [1.165, 1.54) is 5.56 Å². The maximum atomic E-state index is 8.93. The van der Waals surface area contributed by atoms with Crippen LogP contribution in [0.1, 0.15) is 24.4 Å². The van der Waals surface area contributed by atoms with Gasteiger partial charge in [0.05, 0.1) is 12.2 Å². The number of aliphatic hydroxyl groups excluding tert-OH is 1. The highest BCUT2D eigenvalue weighted by Crippen LogP contribution is 2.24. The van der Waals surface area contributed by atoms with Crippen LogP contribution in [0.5, 0.6) is 0 Å². The third-order valence-electron chi connectivity index (χ3n) is 3.85. The van der Waals surface area contributed by atoms with Gasteiger partial charge in [-0.15, -0.1) is 0 Å². The molecule has 0 unspecified atom stereocenters. The zero-order valence-electron chi connectivity index (χ0n) is 11.5. The van der Waals surface area contributed by atoms with Crippen LogP contribution in [-0.4, -0.2) is 34.7 Å². The van der Waals surface area contributed by atoms with Gasteiger partial charge in [-0.25, -0.2) is 0 Å². The first-order valence-corrected chi connectivity index (χ1v) is 7.19. The fraction of sp³-hybridized carbons (Fsp3) is 0.438. The van der Waals surface area contributed by atoms with Crippen LogP contribution in [0.2, 0.25) is 0 Å². The number of nitrogens with zero attached hydrogens (tertiary/aromatic N) is 2. The second kappa shape index (κ2) is 6.20. The molecule has 1 N–H and O–H groups in total. The van der Waals surface area contributed by atoms with Crippen molar-refractivity contribution in [3.8, 4) is 11.1 Å². The van der Waals surface area contributed by atoms with E-state index >= 15 is 0 Å². The van der Waals surface area contributed by atoms with Gasteiger partial charge in [-0.05, 0) is 30.4 Å². The highest BCUT2D eigenvalue weighted by atomic mass is 16.5. The van der Waals surface area contributed by atoms with Crippen LogP contribution in [0, 0.1) is 0 Å². The molecule has 1 aliphatic heterocycles. The molecule has 0 saturated carbocycles. The first-order valence-electron chi connectivity index (χ1n) is 7.19. The maximum Gasteiger partial charge on any atom is 0.0568 e. The second-order valence-electron chi connectivity index (χ2n) is 5.22. The molecular weight excluding hydrogens is 252 g/mol. The van der Waals surface area contributed by atoms with Crippen molar-refractivity contribution in [1.29, 1.82) is 0 Å². The lowest BCUT2D eigenvalue weighted by Crippen LogP contribution is -2.19. The van der Waals surface area contributed by atoms with Crippen molar-refractivity contribution in [2.45, 2.75) is 25.3 Å². The van der Waals surface area contributed by atoms with E-state index in [4.69, 9.17) is 9.84 Å². The van der Waals surface area contributed by atoms with Gasteiger partial charge in [-0.1, -0.05) is 24.3 Å². The van der Waals surface area contributed by atoms with E-state index in [-0.39, 0.29) is 6.61 Å². The molecule has 1 saturated heterocycles. The maximum absolute atomic E-state index is 8.93. The van der Waals surface area contributed by atoms with E-state index in [2.05, 4.69) is 40.2 Å². The summed E-state index contributed by atoms with van der Waals surface area (Å²) in [5, 5.41) is 13.4. The Morgan fingerprint density at radius 3 is 2.60 bits per heavy atom. The average molecular weight is 272 g/mol. The van der Waals surface area contributed by atoms with Gasteiger partial charge in [0.25, 0.3) is 0 Å². The van der Waals surface area contributed by atoms with E-state index < -0.39 is 0 Å². The molecule has 2 heterocycles. The van der Waals surface area contributed by atoms with Gasteiger partial charge < -0.3 is 9.84 Å². The number of benzene rings is 1. The van der Waals surface area contributed by atoms with Gasteiger partial charge >= 0.3 is 0 Å². The topological polar surface area (TPSA) is 47.3 Å². The third kappa shape index (κ3) is 2.92. The molecule has 0 spiro atoms. The van der Waals surface area contributed by atoms with Crippen molar-refractivity contribution in [3.05, 3.63) is 42.2 Å². The van der Waals surface area contributed by atoms with Crippen molar-refractivity contribution in [2.24, 2.45) is 0 Å². The first kappa shape index (κ1) is 13.3. The highest BCUT2D eigenvalue weighted by molar-refractivity contribution is 5.61. The Labute approximate surface area is 119 Å². The predicted octanol–water partition coefficient (Wildman–Crippen LogP) is 2.44. The van der Waals surface area contributed by atoms with Crippen LogP contribution in [0.25, 0.3) is 11.1 Å². The smallest absolute Gasteiger partial charge is 0.0568 e. The molecular formula is C16H20N2O2. The minimum absolute atomic E-state index is 0.195. The molecule has 1 aromatic carbocycles. The standard InChI is InChI=1S/C16H20N2O2/c19-8-5-13-1-3-14(4-2-13)15-11-17-18(12-15)16-6-9-20-10-7-16/h1-4,11-12,16,19H,5-10H2. The molecule has 0 amide bonds. The summed E-state index contributed by atoms with van der Waals surface area (Å²) in [7, 11) is 0.